The van der Waals surface area contributed by atoms with Crippen LogP contribution in [0.1, 0.15) is 11.7 Å². The van der Waals surface area contributed by atoms with Gasteiger partial charge >= 0.3 is 0 Å². The van der Waals surface area contributed by atoms with Crippen molar-refractivity contribution in [1.29, 1.82) is 0 Å². The van der Waals surface area contributed by atoms with Gasteiger partial charge in [-0.25, -0.2) is 9.97 Å². The standard InChI is InChI=1S/C6H5Cl3N2O/c7-6(8,9)5(12)4-1-10-3-11-2-4/h1-3,5,12H. The van der Waals surface area contributed by atoms with Crippen LogP contribution in [-0.2, 0) is 0 Å². The second-order valence-electron chi connectivity index (χ2n) is 2.12. The molecule has 0 aromatic carbocycles. The third-order valence-electron chi connectivity index (χ3n) is 1.21. The zero-order valence-corrected chi connectivity index (χ0v) is 8.05. The van der Waals surface area contributed by atoms with E-state index in [1.54, 1.807) is 0 Å². The molecule has 1 aromatic rings. The molecule has 0 bridgehead atoms. The number of hydrogen-bond donors (Lipinski definition) is 1. The van der Waals surface area contributed by atoms with Gasteiger partial charge in [-0.3, -0.25) is 0 Å². The summed E-state index contributed by atoms with van der Waals surface area (Å²) >= 11 is 16.3. The Morgan fingerprint density at radius 3 is 2.17 bits per heavy atom. The molecule has 0 radical (unpaired) electrons. The number of aliphatic hydroxyl groups excluding tert-OH is 1. The molecule has 12 heavy (non-hydrogen) atoms. The van der Waals surface area contributed by atoms with Crippen LogP contribution in [-0.4, -0.2) is 18.9 Å². The first-order chi connectivity index (χ1) is 5.52. The SMILES string of the molecule is OC(c1cncnc1)C(Cl)(Cl)Cl. The maximum Gasteiger partial charge on any atom is 0.220 e. The van der Waals surface area contributed by atoms with Crippen molar-refractivity contribution in [3.05, 3.63) is 24.3 Å². The first-order valence-corrected chi connectivity index (χ1v) is 4.15. The molecule has 0 spiro atoms. The van der Waals surface area contributed by atoms with Crippen LogP contribution in [0.25, 0.3) is 0 Å². The average molecular weight is 227 g/mol. The van der Waals surface area contributed by atoms with E-state index in [2.05, 4.69) is 9.97 Å². The van der Waals surface area contributed by atoms with Gasteiger partial charge in [0.2, 0.25) is 3.79 Å². The Hall–Kier alpha value is -0.0900. The van der Waals surface area contributed by atoms with Crippen LogP contribution in [0.3, 0.4) is 0 Å². The zero-order chi connectivity index (χ0) is 9.19. The van der Waals surface area contributed by atoms with Crippen molar-refractivity contribution in [3.63, 3.8) is 0 Å². The van der Waals surface area contributed by atoms with Crippen molar-refractivity contribution < 1.29 is 5.11 Å². The Morgan fingerprint density at radius 1 is 1.25 bits per heavy atom. The van der Waals surface area contributed by atoms with Crippen molar-refractivity contribution in [2.75, 3.05) is 0 Å². The van der Waals surface area contributed by atoms with Gasteiger partial charge in [0.15, 0.2) is 0 Å². The van der Waals surface area contributed by atoms with E-state index in [4.69, 9.17) is 34.8 Å². The first kappa shape index (κ1) is 9.99. The molecular weight excluding hydrogens is 222 g/mol. The molecule has 1 heterocycles. The third-order valence-corrected chi connectivity index (χ3v) is 1.83. The first-order valence-electron chi connectivity index (χ1n) is 3.01. The summed E-state index contributed by atoms with van der Waals surface area (Å²) < 4.78 is -1.75. The van der Waals surface area contributed by atoms with Crippen LogP contribution in [0.15, 0.2) is 18.7 Å². The molecule has 0 aliphatic rings. The number of nitrogens with zero attached hydrogens (tertiary/aromatic N) is 2. The molecule has 1 unspecified atom stereocenters. The predicted molar refractivity (Wildman–Crippen MR) is 47.3 cm³/mol. The Morgan fingerprint density at radius 2 is 1.75 bits per heavy atom. The van der Waals surface area contributed by atoms with Crippen molar-refractivity contribution in [2.24, 2.45) is 0 Å². The van der Waals surface area contributed by atoms with Gasteiger partial charge in [-0.2, -0.15) is 0 Å². The van der Waals surface area contributed by atoms with E-state index in [-0.39, 0.29) is 0 Å². The summed E-state index contributed by atoms with van der Waals surface area (Å²) in [6.45, 7) is 0. The summed E-state index contributed by atoms with van der Waals surface area (Å²) in [4.78, 5) is 7.34. The van der Waals surface area contributed by atoms with Gasteiger partial charge in [-0.15, -0.1) is 0 Å². The Balaban J connectivity index is 2.86. The topological polar surface area (TPSA) is 46.0 Å². The van der Waals surface area contributed by atoms with Crippen molar-refractivity contribution in [1.82, 2.24) is 9.97 Å². The molecule has 0 fully saturated rings. The Bertz CT molecular complexity index is 249. The normalized spacial score (nSPS) is 14.3. The van der Waals surface area contributed by atoms with Crippen LogP contribution >= 0.6 is 34.8 Å². The molecule has 1 aromatic heterocycles. The highest BCUT2D eigenvalue weighted by Gasteiger charge is 2.32. The summed E-state index contributed by atoms with van der Waals surface area (Å²) in [6.07, 6.45) is 2.90. The van der Waals surface area contributed by atoms with E-state index in [0.29, 0.717) is 5.56 Å². The number of rotatable bonds is 1. The summed E-state index contributed by atoms with van der Waals surface area (Å²) in [5, 5.41) is 9.38. The summed E-state index contributed by atoms with van der Waals surface area (Å²) in [6, 6.07) is 0. The summed E-state index contributed by atoms with van der Waals surface area (Å²) in [5.41, 5.74) is 0.373. The molecule has 0 saturated heterocycles. The van der Waals surface area contributed by atoms with Crippen LogP contribution < -0.4 is 0 Å². The van der Waals surface area contributed by atoms with Gasteiger partial charge in [-0.05, 0) is 0 Å². The Kier molecular flexibility index (Phi) is 3.12. The van der Waals surface area contributed by atoms with Gasteiger partial charge < -0.3 is 5.11 Å². The molecule has 1 N–H and O–H groups in total. The highest BCUT2D eigenvalue weighted by atomic mass is 35.6. The van der Waals surface area contributed by atoms with Gasteiger partial charge in [0.05, 0.1) is 0 Å². The Labute approximate surface area is 84.3 Å². The highest BCUT2D eigenvalue weighted by molar-refractivity contribution is 6.67. The largest absolute Gasteiger partial charge is 0.384 e. The van der Waals surface area contributed by atoms with Gasteiger partial charge in [0.25, 0.3) is 0 Å². The molecule has 1 rings (SSSR count). The fraction of sp³-hybridized carbons (Fsp3) is 0.333. The lowest BCUT2D eigenvalue weighted by Crippen LogP contribution is -2.16. The lowest BCUT2D eigenvalue weighted by atomic mass is 10.2. The van der Waals surface area contributed by atoms with Crippen LogP contribution in [0.4, 0.5) is 0 Å². The molecule has 1 atom stereocenters. The average Bonchev–Trinajstić information content (AvgIpc) is 2.03. The van der Waals surface area contributed by atoms with E-state index in [1.165, 1.54) is 18.7 Å². The molecule has 6 heteroatoms. The summed E-state index contributed by atoms with van der Waals surface area (Å²) in [5.74, 6) is 0. The van der Waals surface area contributed by atoms with Crippen molar-refractivity contribution in [2.45, 2.75) is 9.90 Å². The molecule has 0 amide bonds. The monoisotopic (exact) mass is 226 g/mol. The molecule has 0 aliphatic carbocycles. The van der Waals surface area contributed by atoms with Crippen LogP contribution in [0, 0.1) is 0 Å². The molecule has 3 nitrogen and oxygen atoms in total. The highest BCUT2D eigenvalue weighted by Crippen LogP contribution is 2.38. The number of aromatic nitrogens is 2. The minimum absolute atomic E-state index is 0.373. The van der Waals surface area contributed by atoms with Gasteiger partial charge in [0, 0.05) is 18.0 Å². The van der Waals surface area contributed by atoms with Crippen molar-refractivity contribution in [3.8, 4) is 0 Å². The van der Waals surface area contributed by atoms with Crippen molar-refractivity contribution >= 4 is 34.8 Å². The van der Waals surface area contributed by atoms with E-state index in [9.17, 15) is 5.11 Å². The van der Waals surface area contributed by atoms with E-state index < -0.39 is 9.90 Å². The van der Waals surface area contributed by atoms with E-state index >= 15 is 0 Å². The minimum atomic E-state index is -1.75. The lowest BCUT2D eigenvalue weighted by Gasteiger charge is -2.17. The molecule has 0 aliphatic heterocycles. The minimum Gasteiger partial charge on any atom is -0.384 e. The van der Waals surface area contributed by atoms with Crippen LogP contribution in [0.5, 0.6) is 0 Å². The third kappa shape index (κ3) is 2.45. The molecular formula is C6H5Cl3N2O. The summed E-state index contributed by atoms with van der Waals surface area (Å²) in [7, 11) is 0. The number of aliphatic hydroxyl groups is 1. The number of halogens is 3. The fourth-order valence-corrected chi connectivity index (χ4v) is 1.02. The maximum atomic E-state index is 9.38. The second kappa shape index (κ2) is 3.75. The number of hydrogen-bond acceptors (Lipinski definition) is 3. The van der Waals surface area contributed by atoms with E-state index in [0.717, 1.165) is 0 Å². The van der Waals surface area contributed by atoms with Crippen LogP contribution in [0.2, 0.25) is 0 Å². The lowest BCUT2D eigenvalue weighted by molar-refractivity contribution is 0.181. The smallest absolute Gasteiger partial charge is 0.220 e. The van der Waals surface area contributed by atoms with E-state index in [1.807, 2.05) is 0 Å². The predicted octanol–water partition coefficient (Wildman–Crippen LogP) is 1.88. The van der Waals surface area contributed by atoms with Gasteiger partial charge in [-0.1, -0.05) is 34.8 Å². The zero-order valence-electron chi connectivity index (χ0n) is 5.78. The fourth-order valence-electron chi connectivity index (χ4n) is 0.641. The number of alkyl halides is 3. The van der Waals surface area contributed by atoms with Gasteiger partial charge in [0.1, 0.15) is 12.4 Å². The molecule has 0 saturated carbocycles. The second-order valence-corrected chi connectivity index (χ2v) is 4.48. The molecule has 66 valence electrons. The quantitative estimate of drug-likeness (QED) is 0.745. The maximum absolute atomic E-state index is 9.38.